The fourth-order valence-electron chi connectivity index (χ4n) is 2.79. The molecule has 172 valence electrons. The van der Waals surface area contributed by atoms with E-state index in [4.69, 9.17) is 14.0 Å². The first-order valence-corrected chi connectivity index (χ1v) is 10.5. The lowest BCUT2D eigenvalue weighted by atomic mass is 10.1. The van der Waals surface area contributed by atoms with Crippen molar-refractivity contribution >= 4 is 31.4 Å². The molecule has 0 spiro atoms. The van der Waals surface area contributed by atoms with Crippen molar-refractivity contribution in [3.63, 3.8) is 0 Å². The summed E-state index contributed by atoms with van der Waals surface area (Å²) in [6, 6.07) is 11.1. The molecule has 0 radical (unpaired) electrons. The highest BCUT2D eigenvalue weighted by Crippen LogP contribution is 2.31. The third kappa shape index (κ3) is 6.18. The summed E-state index contributed by atoms with van der Waals surface area (Å²) in [5, 5.41) is 4.11. The zero-order valence-corrected chi connectivity index (χ0v) is 19.9. The van der Waals surface area contributed by atoms with E-state index in [9.17, 15) is 9.59 Å². The maximum atomic E-state index is 13.1. The average molecular weight is 450 g/mol. The molecule has 3 rings (SSSR count). The molecule has 3 aromatic rings. The van der Waals surface area contributed by atoms with Crippen LogP contribution in [-0.2, 0) is 9.47 Å². The van der Waals surface area contributed by atoms with Gasteiger partial charge in [0.2, 0.25) is 0 Å². The van der Waals surface area contributed by atoms with Crippen molar-refractivity contribution in [2.75, 3.05) is 4.90 Å². The minimum Gasteiger partial charge on any atom is -0.443 e. The number of rotatable bonds is 3. The standard InChI is InChI=1S/C23H27BN4O5/c1-22(2,3)31-20(29)28(21(30)32-23(4,5)6)19-18(26-17(24)13-25-19)16-12-15(27-33-16)14-10-8-7-9-11-14/h7-13H,24H2,1-6H3. The van der Waals surface area contributed by atoms with Crippen LogP contribution in [0.2, 0.25) is 0 Å². The molecule has 0 aliphatic carbocycles. The number of carbonyl (C=O) groups is 2. The first-order chi connectivity index (χ1) is 15.3. The predicted octanol–water partition coefficient (Wildman–Crippen LogP) is 3.73. The summed E-state index contributed by atoms with van der Waals surface area (Å²) in [4.78, 5) is 35.7. The number of hydrogen-bond acceptors (Lipinski definition) is 8. The zero-order chi connectivity index (χ0) is 24.4. The van der Waals surface area contributed by atoms with Gasteiger partial charge in [-0.3, -0.25) is 4.98 Å². The van der Waals surface area contributed by atoms with Crippen LogP contribution >= 0.6 is 0 Å². The van der Waals surface area contributed by atoms with Crippen LogP contribution in [0.1, 0.15) is 41.5 Å². The van der Waals surface area contributed by atoms with Gasteiger partial charge in [0.25, 0.3) is 0 Å². The Hall–Kier alpha value is -3.69. The normalized spacial score (nSPS) is 11.7. The number of ether oxygens (including phenoxy) is 2. The second-order valence-corrected chi connectivity index (χ2v) is 9.42. The lowest BCUT2D eigenvalue weighted by Gasteiger charge is -2.28. The highest BCUT2D eigenvalue weighted by molar-refractivity contribution is 6.30. The number of hydrogen-bond donors (Lipinski definition) is 0. The van der Waals surface area contributed by atoms with Gasteiger partial charge in [0, 0.05) is 23.4 Å². The molecule has 9 nitrogen and oxygen atoms in total. The van der Waals surface area contributed by atoms with Crippen LogP contribution in [0.3, 0.4) is 0 Å². The fourth-order valence-corrected chi connectivity index (χ4v) is 2.79. The molecule has 33 heavy (non-hydrogen) atoms. The van der Waals surface area contributed by atoms with Crippen LogP contribution in [0.4, 0.5) is 15.4 Å². The van der Waals surface area contributed by atoms with Gasteiger partial charge in [0.05, 0.1) is 0 Å². The van der Waals surface area contributed by atoms with E-state index < -0.39 is 23.4 Å². The highest BCUT2D eigenvalue weighted by Gasteiger charge is 2.36. The van der Waals surface area contributed by atoms with E-state index in [1.807, 2.05) is 30.3 Å². The number of benzene rings is 1. The molecule has 2 amide bonds. The Balaban J connectivity index is 2.11. The van der Waals surface area contributed by atoms with Gasteiger partial charge in [-0.25, -0.2) is 14.6 Å². The Morgan fingerprint density at radius 1 is 0.970 bits per heavy atom. The molecule has 2 aromatic heterocycles. The molecule has 0 unspecified atom stereocenters. The summed E-state index contributed by atoms with van der Waals surface area (Å²) in [5.74, 6) is 0.150. The summed E-state index contributed by atoms with van der Waals surface area (Å²) in [5.41, 5.74) is 0.401. The summed E-state index contributed by atoms with van der Waals surface area (Å²) < 4.78 is 16.4. The summed E-state index contributed by atoms with van der Waals surface area (Å²) in [6.45, 7) is 10.2. The van der Waals surface area contributed by atoms with Gasteiger partial charge in [-0.05, 0) is 41.5 Å². The summed E-state index contributed by atoms with van der Waals surface area (Å²) >= 11 is 0. The smallest absolute Gasteiger partial charge is 0.425 e. The number of amides is 2. The third-order valence-corrected chi connectivity index (χ3v) is 4.05. The SMILES string of the molecule is Bc1cnc(N(C(=O)OC(C)(C)C)C(=O)OC(C)(C)C)c(-c2cc(-c3ccccc3)no2)n1. The molecule has 0 aliphatic rings. The zero-order valence-electron chi connectivity index (χ0n) is 19.9. The Kier molecular flexibility index (Phi) is 6.57. The first-order valence-electron chi connectivity index (χ1n) is 10.5. The van der Waals surface area contributed by atoms with E-state index in [2.05, 4.69) is 15.1 Å². The molecule has 0 saturated carbocycles. The Bertz CT molecular complexity index is 1120. The Morgan fingerprint density at radius 3 is 2.09 bits per heavy atom. The molecule has 0 aliphatic heterocycles. The Morgan fingerprint density at radius 2 is 1.55 bits per heavy atom. The molecule has 0 fully saturated rings. The fraction of sp³-hybridized carbons (Fsp3) is 0.348. The van der Waals surface area contributed by atoms with E-state index in [0.717, 1.165) is 10.5 Å². The largest absolute Gasteiger partial charge is 0.443 e. The molecular formula is C23H27BN4O5. The summed E-state index contributed by atoms with van der Waals surface area (Å²) in [6.07, 6.45) is -0.451. The van der Waals surface area contributed by atoms with Gasteiger partial charge in [-0.1, -0.05) is 35.5 Å². The number of anilines is 1. The molecule has 0 atom stereocenters. The monoisotopic (exact) mass is 450 g/mol. The van der Waals surface area contributed by atoms with Crippen LogP contribution in [-0.4, -0.2) is 46.4 Å². The van der Waals surface area contributed by atoms with Crippen molar-refractivity contribution in [3.8, 4) is 22.7 Å². The van der Waals surface area contributed by atoms with Crippen molar-refractivity contribution in [2.45, 2.75) is 52.7 Å². The molecule has 0 N–H and O–H groups in total. The molecule has 2 heterocycles. The molecule has 1 aromatic carbocycles. The highest BCUT2D eigenvalue weighted by atomic mass is 16.6. The molecular weight excluding hydrogens is 423 g/mol. The van der Waals surface area contributed by atoms with Gasteiger partial charge in [0.1, 0.15) is 16.9 Å². The van der Waals surface area contributed by atoms with Crippen LogP contribution < -0.4 is 10.5 Å². The number of imide groups is 1. The van der Waals surface area contributed by atoms with Gasteiger partial charge in [-0.2, -0.15) is 4.90 Å². The van der Waals surface area contributed by atoms with Crippen molar-refractivity contribution in [3.05, 3.63) is 42.6 Å². The minimum absolute atomic E-state index is 0.0835. The van der Waals surface area contributed by atoms with Gasteiger partial charge < -0.3 is 14.0 Å². The van der Waals surface area contributed by atoms with E-state index in [1.165, 1.54) is 6.20 Å². The predicted molar refractivity (Wildman–Crippen MR) is 126 cm³/mol. The van der Waals surface area contributed by atoms with Crippen LogP contribution in [0.15, 0.2) is 47.1 Å². The number of nitrogens with zero attached hydrogens (tertiary/aromatic N) is 4. The lowest BCUT2D eigenvalue weighted by Crippen LogP contribution is -2.44. The average Bonchev–Trinajstić information content (AvgIpc) is 3.17. The maximum Gasteiger partial charge on any atom is 0.425 e. The lowest BCUT2D eigenvalue weighted by molar-refractivity contribution is 0.0429. The number of carbonyl (C=O) groups excluding carboxylic acids is 2. The van der Waals surface area contributed by atoms with Crippen molar-refractivity contribution in [1.82, 2.24) is 15.1 Å². The van der Waals surface area contributed by atoms with Crippen LogP contribution in [0.5, 0.6) is 0 Å². The molecule has 0 saturated heterocycles. The van der Waals surface area contributed by atoms with E-state index >= 15 is 0 Å². The number of aromatic nitrogens is 3. The quantitative estimate of drug-likeness (QED) is 0.556. The van der Waals surface area contributed by atoms with Crippen LogP contribution in [0, 0.1) is 0 Å². The first kappa shape index (κ1) is 24.0. The van der Waals surface area contributed by atoms with Gasteiger partial charge in [-0.15, -0.1) is 0 Å². The van der Waals surface area contributed by atoms with E-state index in [-0.39, 0.29) is 17.3 Å². The summed E-state index contributed by atoms with van der Waals surface area (Å²) in [7, 11) is 1.74. The van der Waals surface area contributed by atoms with Crippen molar-refractivity contribution in [1.29, 1.82) is 0 Å². The second kappa shape index (κ2) is 9.05. The molecule has 10 heteroatoms. The molecule has 0 bridgehead atoms. The third-order valence-electron chi connectivity index (χ3n) is 4.05. The second-order valence-electron chi connectivity index (χ2n) is 9.42. The van der Waals surface area contributed by atoms with Crippen LogP contribution in [0.25, 0.3) is 22.7 Å². The maximum absolute atomic E-state index is 13.1. The van der Waals surface area contributed by atoms with E-state index in [0.29, 0.717) is 11.3 Å². The topological polar surface area (TPSA) is 108 Å². The van der Waals surface area contributed by atoms with E-state index in [1.54, 1.807) is 55.5 Å². The minimum atomic E-state index is -0.945. The van der Waals surface area contributed by atoms with Gasteiger partial charge >= 0.3 is 12.2 Å². The van der Waals surface area contributed by atoms with Crippen molar-refractivity contribution < 1.29 is 23.6 Å². The van der Waals surface area contributed by atoms with Crippen molar-refractivity contribution in [2.24, 2.45) is 0 Å². The Labute approximate surface area is 193 Å². The van der Waals surface area contributed by atoms with Gasteiger partial charge in [0.15, 0.2) is 25.1 Å².